The van der Waals surface area contributed by atoms with Crippen LogP contribution < -0.4 is 4.74 Å². The van der Waals surface area contributed by atoms with Gasteiger partial charge in [0.25, 0.3) is 0 Å². The average molecular weight is 301 g/mol. The van der Waals surface area contributed by atoms with Crippen molar-refractivity contribution >= 4 is 21.9 Å². The Morgan fingerprint density at radius 3 is 2.71 bits per heavy atom. The molecule has 0 aliphatic carbocycles. The Hall–Kier alpha value is -1.03. The number of carbonyl (C=O) groups is 1. The quantitative estimate of drug-likeness (QED) is 0.459. The van der Waals surface area contributed by atoms with Gasteiger partial charge >= 0.3 is 5.97 Å². The molecule has 0 aromatic heterocycles. The van der Waals surface area contributed by atoms with Crippen molar-refractivity contribution in [2.24, 2.45) is 0 Å². The Morgan fingerprint density at radius 2 is 2.12 bits per heavy atom. The van der Waals surface area contributed by atoms with E-state index >= 15 is 0 Å². The van der Waals surface area contributed by atoms with Crippen LogP contribution in [0, 0.1) is 6.92 Å². The number of benzene rings is 1. The van der Waals surface area contributed by atoms with Gasteiger partial charge in [-0.1, -0.05) is 15.9 Å². The average Bonchev–Trinajstić information content (AvgIpc) is 2.34. The molecule has 0 heterocycles. The highest BCUT2D eigenvalue weighted by Gasteiger charge is 2.09. The molecule has 0 unspecified atom stereocenters. The van der Waals surface area contributed by atoms with Gasteiger partial charge in [0.15, 0.2) is 0 Å². The molecule has 3 nitrogen and oxygen atoms in total. The van der Waals surface area contributed by atoms with E-state index in [9.17, 15) is 4.79 Å². The minimum atomic E-state index is -0.312. The van der Waals surface area contributed by atoms with Gasteiger partial charge in [0, 0.05) is 5.33 Å². The lowest BCUT2D eigenvalue weighted by Gasteiger charge is -2.08. The van der Waals surface area contributed by atoms with Crippen LogP contribution in [0.2, 0.25) is 0 Å². The molecule has 1 aromatic carbocycles. The number of esters is 1. The maximum atomic E-state index is 11.4. The molecule has 1 aromatic rings. The van der Waals surface area contributed by atoms with Crippen LogP contribution in [0.3, 0.4) is 0 Å². The van der Waals surface area contributed by atoms with Crippen LogP contribution in [-0.2, 0) is 4.74 Å². The van der Waals surface area contributed by atoms with Gasteiger partial charge < -0.3 is 9.47 Å². The zero-order chi connectivity index (χ0) is 12.7. The van der Waals surface area contributed by atoms with Crippen LogP contribution in [0.5, 0.6) is 5.75 Å². The van der Waals surface area contributed by atoms with Crippen molar-refractivity contribution in [2.45, 2.75) is 19.8 Å². The van der Waals surface area contributed by atoms with Gasteiger partial charge in [-0.2, -0.15) is 0 Å². The number of rotatable bonds is 6. The van der Waals surface area contributed by atoms with Crippen LogP contribution in [-0.4, -0.2) is 25.0 Å². The smallest absolute Gasteiger partial charge is 0.338 e. The van der Waals surface area contributed by atoms with Gasteiger partial charge in [-0.25, -0.2) is 4.79 Å². The Balaban J connectivity index is 2.59. The van der Waals surface area contributed by atoms with Crippen molar-refractivity contribution < 1.29 is 14.3 Å². The summed E-state index contributed by atoms with van der Waals surface area (Å²) in [7, 11) is 1.38. The highest BCUT2D eigenvalue weighted by Crippen LogP contribution is 2.18. The fraction of sp³-hybridized carbons (Fsp3) is 0.462. The van der Waals surface area contributed by atoms with Gasteiger partial charge in [0.2, 0.25) is 0 Å². The Labute approximate surface area is 110 Å². The number of ether oxygens (including phenoxy) is 2. The zero-order valence-electron chi connectivity index (χ0n) is 10.2. The van der Waals surface area contributed by atoms with E-state index in [1.54, 1.807) is 12.1 Å². The summed E-state index contributed by atoms with van der Waals surface area (Å²) in [5.74, 6) is 0.484. The van der Waals surface area contributed by atoms with Crippen molar-refractivity contribution in [1.82, 2.24) is 0 Å². The molecular weight excluding hydrogens is 284 g/mol. The molecule has 0 spiro atoms. The summed E-state index contributed by atoms with van der Waals surface area (Å²) in [4.78, 5) is 11.4. The van der Waals surface area contributed by atoms with Crippen molar-refractivity contribution in [3.05, 3.63) is 29.3 Å². The number of methoxy groups -OCH3 is 1. The first-order valence-electron chi connectivity index (χ1n) is 5.56. The molecule has 0 saturated carbocycles. The first-order chi connectivity index (χ1) is 8.19. The molecule has 0 radical (unpaired) electrons. The topological polar surface area (TPSA) is 35.5 Å². The summed E-state index contributed by atoms with van der Waals surface area (Å²) in [6.45, 7) is 2.57. The molecular formula is C13H17BrO3. The highest BCUT2D eigenvalue weighted by atomic mass is 79.9. The van der Waals surface area contributed by atoms with E-state index in [1.165, 1.54) is 7.11 Å². The number of alkyl halides is 1. The molecule has 0 bridgehead atoms. The fourth-order valence-corrected chi connectivity index (χ4v) is 1.85. The maximum absolute atomic E-state index is 11.4. The van der Waals surface area contributed by atoms with E-state index in [4.69, 9.17) is 4.74 Å². The number of unbranched alkanes of at least 4 members (excludes halogenated alkanes) is 1. The van der Waals surface area contributed by atoms with E-state index in [2.05, 4.69) is 20.7 Å². The number of carbonyl (C=O) groups excluding carboxylic acids is 1. The summed E-state index contributed by atoms with van der Waals surface area (Å²) in [6, 6.07) is 5.40. The molecule has 94 valence electrons. The molecule has 1 rings (SSSR count). The number of hydrogen-bond donors (Lipinski definition) is 0. The Morgan fingerprint density at radius 1 is 1.35 bits per heavy atom. The second-order valence-corrected chi connectivity index (χ2v) is 4.51. The third-order valence-electron chi connectivity index (χ3n) is 2.40. The van der Waals surface area contributed by atoms with Gasteiger partial charge in [-0.05, 0) is 43.5 Å². The van der Waals surface area contributed by atoms with Crippen LogP contribution in [0.1, 0.15) is 28.8 Å². The normalized spacial score (nSPS) is 10.1. The van der Waals surface area contributed by atoms with E-state index in [1.807, 2.05) is 13.0 Å². The molecule has 0 aliphatic rings. The maximum Gasteiger partial charge on any atom is 0.338 e. The van der Waals surface area contributed by atoms with Crippen molar-refractivity contribution in [3.8, 4) is 5.75 Å². The Kier molecular flexibility index (Phi) is 6.05. The number of hydrogen-bond acceptors (Lipinski definition) is 3. The lowest BCUT2D eigenvalue weighted by molar-refractivity contribution is 0.0600. The van der Waals surface area contributed by atoms with Gasteiger partial charge in [0.05, 0.1) is 19.3 Å². The van der Waals surface area contributed by atoms with Crippen molar-refractivity contribution in [2.75, 3.05) is 19.0 Å². The lowest BCUT2D eigenvalue weighted by Crippen LogP contribution is -2.04. The van der Waals surface area contributed by atoms with Crippen molar-refractivity contribution in [1.29, 1.82) is 0 Å². The van der Waals surface area contributed by atoms with Crippen LogP contribution in [0.15, 0.2) is 18.2 Å². The molecule has 0 N–H and O–H groups in total. The second kappa shape index (κ2) is 7.33. The third-order valence-corrected chi connectivity index (χ3v) is 2.96. The summed E-state index contributed by atoms with van der Waals surface area (Å²) >= 11 is 3.37. The van der Waals surface area contributed by atoms with E-state index < -0.39 is 0 Å². The predicted molar refractivity (Wildman–Crippen MR) is 71.0 cm³/mol. The molecule has 4 heteroatoms. The van der Waals surface area contributed by atoms with Crippen LogP contribution >= 0.6 is 15.9 Å². The van der Waals surface area contributed by atoms with E-state index in [0.29, 0.717) is 12.2 Å². The van der Waals surface area contributed by atoms with Crippen molar-refractivity contribution in [3.63, 3.8) is 0 Å². The van der Waals surface area contributed by atoms with E-state index in [-0.39, 0.29) is 5.97 Å². The van der Waals surface area contributed by atoms with Crippen LogP contribution in [0.4, 0.5) is 0 Å². The summed E-state index contributed by atoms with van der Waals surface area (Å²) in [6.07, 6.45) is 2.11. The molecule has 17 heavy (non-hydrogen) atoms. The molecule has 0 amide bonds. The number of halogens is 1. The number of aryl methyl sites for hydroxylation is 1. The molecule has 0 saturated heterocycles. The van der Waals surface area contributed by atoms with Gasteiger partial charge in [0.1, 0.15) is 5.75 Å². The Bertz CT molecular complexity index is 377. The first kappa shape index (κ1) is 14.0. The lowest BCUT2D eigenvalue weighted by atomic mass is 10.1. The first-order valence-corrected chi connectivity index (χ1v) is 6.69. The van der Waals surface area contributed by atoms with Crippen LogP contribution in [0.25, 0.3) is 0 Å². The summed E-state index contributed by atoms with van der Waals surface area (Å²) in [5.41, 5.74) is 1.45. The summed E-state index contributed by atoms with van der Waals surface area (Å²) < 4.78 is 10.3. The minimum Gasteiger partial charge on any atom is -0.494 e. The minimum absolute atomic E-state index is 0.312. The third kappa shape index (κ3) is 4.38. The second-order valence-electron chi connectivity index (χ2n) is 3.71. The molecule has 0 aliphatic heterocycles. The van der Waals surface area contributed by atoms with Gasteiger partial charge in [-0.15, -0.1) is 0 Å². The predicted octanol–water partition coefficient (Wildman–Crippen LogP) is 3.34. The fourth-order valence-electron chi connectivity index (χ4n) is 1.45. The monoisotopic (exact) mass is 300 g/mol. The van der Waals surface area contributed by atoms with E-state index in [0.717, 1.165) is 29.5 Å². The van der Waals surface area contributed by atoms with Gasteiger partial charge in [-0.3, -0.25) is 0 Å². The SMILES string of the molecule is COC(=O)c1ccc(OCCCCBr)cc1C. The largest absolute Gasteiger partial charge is 0.494 e. The summed E-state index contributed by atoms with van der Waals surface area (Å²) in [5, 5.41) is 0.997. The zero-order valence-corrected chi connectivity index (χ0v) is 11.7. The highest BCUT2D eigenvalue weighted by molar-refractivity contribution is 9.09. The molecule has 0 fully saturated rings. The standard InChI is InChI=1S/C13H17BrO3/c1-10-9-11(17-8-4-3-7-14)5-6-12(10)13(15)16-2/h5-6,9H,3-4,7-8H2,1-2H3. The molecule has 0 atom stereocenters.